The fourth-order valence-corrected chi connectivity index (χ4v) is 3.53. The van der Waals surface area contributed by atoms with E-state index in [1.165, 1.54) is 0 Å². The molecule has 1 aliphatic rings. The van der Waals surface area contributed by atoms with Crippen molar-refractivity contribution in [3.05, 3.63) is 41.2 Å². The summed E-state index contributed by atoms with van der Waals surface area (Å²) in [5.41, 5.74) is 0.281. The summed E-state index contributed by atoms with van der Waals surface area (Å²) >= 11 is 1.65. The van der Waals surface area contributed by atoms with Crippen molar-refractivity contribution in [2.75, 3.05) is 25.9 Å². The lowest BCUT2D eigenvalue weighted by molar-refractivity contribution is 0.0637. The first kappa shape index (κ1) is 18.6. The molecule has 3 heterocycles. The molecule has 1 atom stereocenters. The van der Waals surface area contributed by atoms with Crippen LogP contribution in [-0.4, -0.2) is 47.8 Å². The van der Waals surface area contributed by atoms with Gasteiger partial charge in [0, 0.05) is 25.7 Å². The number of nitrogens with zero attached hydrogens (tertiary/aromatic N) is 2. The number of carbonyl (C=O) groups excluding carboxylic acids is 2. The molecular formula is C18H23N3O4S. The van der Waals surface area contributed by atoms with Crippen molar-refractivity contribution in [2.45, 2.75) is 25.5 Å². The zero-order valence-corrected chi connectivity index (χ0v) is 15.8. The Balaban J connectivity index is 1.53. The lowest BCUT2D eigenvalue weighted by Gasteiger charge is -2.32. The van der Waals surface area contributed by atoms with Crippen LogP contribution in [0.15, 0.2) is 27.1 Å². The van der Waals surface area contributed by atoms with Crippen LogP contribution in [0.5, 0.6) is 0 Å². The lowest BCUT2D eigenvalue weighted by Crippen LogP contribution is -2.43. The van der Waals surface area contributed by atoms with E-state index in [0.717, 1.165) is 24.4 Å². The molecule has 0 saturated carbocycles. The van der Waals surface area contributed by atoms with Crippen molar-refractivity contribution in [3.63, 3.8) is 0 Å². The van der Waals surface area contributed by atoms with Gasteiger partial charge < -0.3 is 19.2 Å². The summed E-state index contributed by atoms with van der Waals surface area (Å²) in [6, 6.07) is 5.20. The number of hydrogen-bond donors (Lipinski definition) is 1. The number of piperidine rings is 1. The molecule has 8 heteroatoms. The standard InChI is InChI=1S/C18H23N3O4S/c1-12-8-15(20-25-12)17(22)19-9-13-4-3-7-21(10-13)18(23)16-6-5-14(24-16)11-26-2/h5-6,8,13H,3-4,7,9-11H2,1-2H3,(H,19,22). The van der Waals surface area contributed by atoms with Crippen molar-refractivity contribution < 1.29 is 18.5 Å². The maximum Gasteiger partial charge on any atom is 0.289 e. The first-order valence-corrected chi connectivity index (χ1v) is 10.0. The number of hydrogen-bond acceptors (Lipinski definition) is 6. The average Bonchev–Trinajstić information content (AvgIpc) is 3.29. The Morgan fingerprint density at radius 2 is 2.27 bits per heavy atom. The van der Waals surface area contributed by atoms with E-state index in [2.05, 4.69) is 10.5 Å². The number of furan rings is 1. The molecule has 2 aromatic rings. The molecule has 3 rings (SSSR count). The largest absolute Gasteiger partial charge is 0.455 e. The summed E-state index contributed by atoms with van der Waals surface area (Å²) in [4.78, 5) is 26.5. The molecule has 1 aliphatic heterocycles. The molecule has 0 aromatic carbocycles. The predicted octanol–water partition coefficient (Wildman–Crippen LogP) is 2.72. The fraction of sp³-hybridized carbons (Fsp3) is 0.500. The molecule has 0 spiro atoms. The summed E-state index contributed by atoms with van der Waals surface area (Å²) in [7, 11) is 0. The number of likely N-dealkylation sites (tertiary alicyclic amines) is 1. The van der Waals surface area contributed by atoms with Gasteiger partial charge in [0.1, 0.15) is 11.5 Å². The van der Waals surface area contributed by atoms with E-state index >= 15 is 0 Å². The normalized spacial score (nSPS) is 17.3. The Hall–Kier alpha value is -2.22. The van der Waals surface area contributed by atoms with Crippen LogP contribution in [0, 0.1) is 12.8 Å². The number of nitrogens with one attached hydrogen (secondary N) is 1. The highest BCUT2D eigenvalue weighted by Gasteiger charge is 2.26. The van der Waals surface area contributed by atoms with Crippen LogP contribution < -0.4 is 5.32 Å². The first-order valence-electron chi connectivity index (χ1n) is 8.65. The van der Waals surface area contributed by atoms with E-state index in [1.54, 1.807) is 30.8 Å². The van der Waals surface area contributed by atoms with Crippen LogP contribution in [0.3, 0.4) is 0 Å². The molecule has 0 bridgehead atoms. The third-order valence-electron chi connectivity index (χ3n) is 4.38. The smallest absolute Gasteiger partial charge is 0.289 e. The van der Waals surface area contributed by atoms with Crippen LogP contribution in [0.25, 0.3) is 0 Å². The van der Waals surface area contributed by atoms with Crippen molar-refractivity contribution in [1.29, 1.82) is 0 Å². The Morgan fingerprint density at radius 1 is 1.42 bits per heavy atom. The predicted molar refractivity (Wildman–Crippen MR) is 98.1 cm³/mol. The van der Waals surface area contributed by atoms with Gasteiger partial charge in [-0.25, -0.2) is 0 Å². The molecule has 0 aliphatic carbocycles. The maximum absolute atomic E-state index is 12.6. The molecule has 26 heavy (non-hydrogen) atoms. The van der Waals surface area contributed by atoms with Gasteiger partial charge in [-0.3, -0.25) is 9.59 Å². The second kappa shape index (κ2) is 8.44. The third-order valence-corrected chi connectivity index (χ3v) is 4.95. The van der Waals surface area contributed by atoms with E-state index < -0.39 is 0 Å². The van der Waals surface area contributed by atoms with E-state index in [4.69, 9.17) is 8.94 Å². The topological polar surface area (TPSA) is 88.6 Å². The van der Waals surface area contributed by atoms with E-state index in [9.17, 15) is 9.59 Å². The molecule has 0 radical (unpaired) electrons. The molecule has 1 saturated heterocycles. The molecule has 1 unspecified atom stereocenters. The SMILES string of the molecule is CSCc1ccc(C(=O)N2CCCC(CNC(=O)c3cc(C)on3)C2)o1. The van der Waals surface area contributed by atoms with E-state index in [-0.39, 0.29) is 23.4 Å². The molecule has 1 N–H and O–H groups in total. The number of carbonyl (C=O) groups is 2. The fourth-order valence-electron chi connectivity index (χ4n) is 3.09. The minimum Gasteiger partial charge on any atom is -0.455 e. The molecule has 1 fully saturated rings. The summed E-state index contributed by atoms with van der Waals surface area (Å²) in [6.45, 7) is 3.57. The van der Waals surface area contributed by atoms with Crippen molar-refractivity contribution in [2.24, 2.45) is 5.92 Å². The molecule has 140 valence electrons. The highest BCUT2D eigenvalue weighted by Crippen LogP contribution is 2.20. The highest BCUT2D eigenvalue weighted by atomic mass is 32.2. The van der Waals surface area contributed by atoms with Crippen molar-refractivity contribution >= 4 is 23.6 Å². The Kier molecular flexibility index (Phi) is 6.03. The molecule has 7 nitrogen and oxygen atoms in total. The monoisotopic (exact) mass is 377 g/mol. The Labute approximate surface area is 156 Å². The van der Waals surface area contributed by atoms with Crippen LogP contribution in [-0.2, 0) is 5.75 Å². The van der Waals surface area contributed by atoms with Crippen molar-refractivity contribution in [3.8, 4) is 0 Å². The van der Waals surface area contributed by atoms with Gasteiger partial charge in [0.25, 0.3) is 11.8 Å². The Morgan fingerprint density at radius 3 is 3.00 bits per heavy atom. The highest BCUT2D eigenvalue weighted by molar-refractivity contribution is 7.97. The van der Waals surface area contributed by atoms with E-state index in [1.807, 2.05) is 17.2 Å². The van der Waals surface area contributed by atoms with Crippen LogP contribution in [0.4, 0.5) is 0 Å². The van der Waals surface area contributed by atoms with Crippen LogP contribution >= 0.6 is 11.8 Å². The number of thioether (sulfide) groups is 1. The number of aryl methyl sites for hydroxylation is 1. The van der Waals surface area contributed by atoms with Gasteiger partial charge in [0.2, 0.25) is 0 Å². The maximum atomic E-state index is 12.6. The first-order chi connectivity index (χ1) is 12.6. The van der Waals surface area contributed by atoms with Gasteiger partial charge in [0.15, 0.2) is 11.5 Å². The number of aromatic nitrogens is 1. The summed E-state index contributed by atoms with van der Waals surface area (Å²) in [5.74, 6) is 2.43. The zero-order valence-electron chi connectivity index (χ0n) is 15.0. The van der Waals surface area contributed by atoms with E-state index in [0.29, 0.717) is 31.2 Å². The average molecular weight is 377 g/mol. The van der Waals surface area contributed by atoms with Gasteiger partial charge in [-0.05, 0) is 44.1 Å². The minimum atomic E-state index is -0.252. The third kappa shape index (κ3) is 4.49. The van der Waals surface area contributed by atoms with Crippen LogP contribution in [0.1, 0.15) is 45.4 Å². The number of rotatable bonds is 6. The molecule has 2 aromatic heterocycles. The van der Waals surface area contributed by atoms with Crippen LogP contribution in [0.2, 0.25) is 0 Å². The second-order valence-corrected chi connectivity index (χ2v) is 7.36. The zero-order chi connectivity index (χ0) is 18.5. The Bertz CT molecular complexity index is 770. The molecular weight excluding hydrogens is 354 g/mol. The summed E-state index contributed by atoms with van der Waals surface area (Å²) in [6.07, 6.45) is 3.87. The molecule has 2 amide bonds. The summed E-state index contributed by atoms with van der Waals surface area (Å²) < 4.78 is 10.6. The van der Waals surface area contributed by atoms with Gasteiger partial charge in [-0.1, -0.05) is 5.16 Å². The van der Waals surface area contributed by atoms with Crippen molar-refractivity contribution in [1.82, 2.24) is 15.4 Å². The quantitative estimate of drug-likeness (QED) is 0.833. The second-order valence-electron chi connectivity index (χ2n) is 6.49. The van der Waals surface area contributed by atoms with Gasteiger partial charge in [-0.2, -0.15) is 11.8 Å². The minimum absolute atomic E-state index is 0.0829. The number of amides is 2. The van der Waals surface area contributed by atoms with Gasteiger partial charge in [0.05, 0.1) is 5.75 Å². The lowest BCUT2D eigenvalue weighted by atomic mass is 9.97. The van der Waals surface area contributed by atoms with Gasteiger partial charge >= 0.3 is 0 Å². The summed E-state index contributed by atoms with van der Waals surface area (Å²) in [5, 5.41) is 6.59. The van der Waals surface area contributed by atoms with Gasteiger partial charge in [-0.15, -0.1) is 0 Å².